The van der Waals surface area contributed by atoms with Crippen LogP contribution in [0.25, 0.3) is 5.13 Å². The fourth-order valence-electron chi connectivity index (χ4n) is 1.53. The average Bonchev–Trinajstić information content (AvgIpc) is 2.91. The number of aromatic nitrogens is 4. The zero-order valence-corrected chi connectivity index (χ0v) is 12.6. The number of nitrogens with zero attached hydrogens (tertiary/aromatic N) is 4. The standard InChI is InChI=1S/C11H12F3N5O2S/c1-10(2,3)21-9(20)18-6-4-16-19(7(6)11(12,13)14)8-15-5-17-22-8/h4-5H,1-3H3,(H,18,20). The van der Waals surface area contributed by atoms with Crippen molar-refractivity contribution in [2.45, 2.75) is 32.5 Å². The molecule has 0 fully saturated rings. The highest BCUT2D eigenvalue weighted by molar-refractivity contribution is 7.07. The number of carbonyl (C=O) groups is 1. The number of anilines is 1. The molecule has 7 nitrogen and oxygen atoms in total. The molecule has 120 valence electrons. The van der Waals surface area contributed by atoms with Crippen molar-refractivity contribution in [3.05, 3.63) is 18.2 Å². The predicted molar refractivity (Wildman–Crippen MR) is 71.9 cm³/mol. The monoisotopic (exact) mass is 335 g/mol. The Bertz CT molecular complexity index is 660. The third kappa shape index (κ3) is 3.72. The molecule has 1 amide bonds. The Kier molecular flexibility index (Phi) is 4.09. The Morgan fingerprint density at radius 2 is 2.05 bits per heavy atom. The van der Waals surface area contributed by atoms with Crippen LogP contribution >= 0.6 is 11.5 Å². The van der Waals surface area contributed by atoms with Gasteiger partial charge in [0.05, 0.1) is 11.9 Å². The van der Waals surface area contributed by atoms with Crippen LogP contribution in [-0.2, 0) is 10.9 Å². The lowest BCUT2D eigenvalue weighted by atomic mass is 10.2. The summed E-state index contributed by atoms with van der Waals surface area (Å²) >= 11 is 0.744. The van der Waals surface area contributed by atoms with Gasteiger partial charge in [0.15, 0.2) is 5.69 Å². The molecule has 2 aromatic heterocycles. The molecule has 0 aliphatic carbocycles. The number of rotatable bonds is 2. The van der Waals surface area contributed by atoms with Crippen LogP contribution in [0.4, 0.5) is 23.7 Å². The smallest absolute Gasteiger partial charge is 0.435 e. The average molecular weight is 335 g/mol. The highest BCUT2D eigenvalue weighted by Gasteiger charge is 2.40. The van der Waals surface area contributed by atoms with Gasteiger partial charge in [-0.05, 0) is 20.8 Å². The molecule has 2 rings (SSSR count). The number of ether oxygens (including phenoxy) is 1. The van der Waals surface area contributed by atoms with Gasteiger partial charge in [0.25, 0.3) is 0 Å². The van der Waals surface area contributed by atoms with Crippen molar-refractivity contribution in [3.8, 4) is 5.13 Å². The molecular weight excluding hydrogens is 323 g/mol. The first kappa shape index (κ1) is 16.2. The number of alkyl halides is 3. The lowest BCUT2D eigenvalue weighted by Gasteiger charge is -2.19. The Hall–Kier alpha value is -2.17. The van der Waals surface area contributed by atoms with Crippen LogP contribution in [0.3, 0.4) is 0 Å². The summed E-state index contributed by atoms with van der Waals surface area (Å²) in [6.07, 6.45) is -3.75. The second-order valence-corrected chi connectivity index (χ2v) is 5.93. The minimum absolute atomic E-state index is 0.0652. The van der Waals surface area contributed by atoms with Crippen molar-refractivity contribution in [2.24, 2.45) is 0 Å². The third-order valence-electron chi connectivity index (χ3n) is 2.20. The van der Waals surface area contributed by atoms with E-state index < -0.39 is 29.3 Å². The number of halogens is 3. The molecule has 0 saturated heterocycles. The normalized spacial score (nSPS) is 12.3. The molecule has 0 bridgehead atoms. The maximum absolute atomic E-state index is 13.2. The van der Waals surface area contributed by atoms with Crippen LogP contribution in [0.15, 0.2) is 12.5 Å². The summed E-state index contributed by atoms with van der Waals surface area (Å²) in [4.78, 5) is 15.3. The van der Waals surface area contributed by atoms with E-state index in [1.807, 2.05) is 5.32 Å². The van der Waals surface area contributed by atoms with Crippen molar-refractivity contribution in [1.82, 2.24) is 19.1 Å². The van der Waals surface area contributed by atoms with Crippen molar-refractivity contribution in [2.75, 3.05) is 5.32 Å². The van der Waals surface area contributed by atoms with Crippen LogP contribution in [0.2, 0.25) is 0 Å². The summed E-state index contributed by atoms with van der Waals surface area (Å²) < 4.78 is 48.8. The molecule has 0 radical (unpaired) electrons. The number of nitrogens with one attached hydrogen (secondary N) is 1. The Morgan fingerprint density at radius 1 is 1.36 bits per heavy atom. The molecule has 2 aromatic rings. The highest BCUT2D eigenvalue weighted by Crippen LogP contribution is 2.36. The minimum Gasteiger partial charge on any atom is -0.444 e. The summed E-state index contributed by atoms with van der Waals surface area (Å²) in [5.41, 5.74) is -2.51. The van der Waals surface area contributed by atoms with E-state index in [1.54, 1.807) is 20.8 Å². The molecule has 0 aromatic carbocycles. The van der Waals surface area contributed by atoms with E-state index in [4.69, 9.17) is 4.74 Å². The summed E-state index contributed by atoms with van der Waals surface area (Å²) in [6, 6.07) is 0. The Balaban J connectivity index is 2.35. The molecule has 11 heteroatoms. The second kappa shape index (κ2) is 5.55. The quantitative estimate of drug-likeness (QED) is 0.912. The summed E-state index contributed by atoms with van der Waals surface area (Å²) in [6.45, 7) is 4.80. The molecule has 2 heterocycles. The molecule has 0 aliphatic rings. The number of hydrogen-bond acceptors (Lipinski definition) is 6. The van der Waals surface area contributed by atoms with Gasteiger partial charge in [-0.3, -0.25) is 5.32 Å². The molecule has 1 N–H and O–H groups in total. The molecule has 0 spiro atoms. The van der Waals surface area contributed by atoms with Crippen LogP contribution in [0.1, 0.15) is 26.5 Å². The molecule has 0 saturated carbocycles. The van der Waals surface area contributed by atoms with Crippen LogP contribution in [-0.4, -0.2) is 30.8 Å². The fourth-order valence-corrected chi connectivity index (χ4v) is 2.03. The van der Waals surface area contributed by atoms with E-state index in [0.29, 0.717) is 4.68 Å². The zero-order valence-electron chi connectivity index (χ0n) is 11.8. The van der Waals surface area contributed by atoms with Crippen molar-refractivity contribution in [3.63, 3.8) is 0 Å². The van der Waals surface area contributed by atoms with Crippen molar-refractivity contribution >= 4 is 23.3 Å². The summed E-state index contributed by atoms with van der Waals surface area (Å²) in [5, 5.41) is 5.59. The molecule has 0 atom stereocenters. The van der Waals surface area contributed by atoms with E-state index in [0.717, 1.165) is 24.1 Å². The van der Waals surface area contributed by atoms with E-state index in [9.17, 15) is 18.0 Å². The van der Waals surface area contributed by atoms with Gasteiger partial charge < -0.3 is 4.74 Å². The SMILES string of the molecule is CC(C)(C)OC(=O)Nc1cnn(-c2ncns2)c1C(F)(F)F. The van der Waals surface area contributed by atoms with Crippen LogP contribution in [0.5, 0.6) is 0 Å². The number of amides is 1. The first-order valence-electron chi connectivity index (χ1n) is 6.00. The fraction of sp³-hybridized carbons (Fsp3) is 0.455. The maximum atomic E-state index is 13.2. The van der Waals surface area contributed by atoms with Gasteiger partial charge in [-0.2, -0.15) is 27.3 Å². The lowest BCUT2D eigenvalue weighted by Crippen LogP contribution is -2.28. The summed E-state index contributed by atoms with van der Waals surface area (Å²) in [7, 11) is 0. The lowest BCUT2D eigenvalue weighted by molar-refractivity contribution is -0.142. The minimum atomic E-state index is -4.74. The predicted octanol–water partition coefficient (Wildman–Crippen LogP) is 3.09. The largest absolute Gasteiger partial charge is 0.444 e. The second-order valence-electron chi connectivity index (χ2n) is 5.17. The number of carbonyl (C=O) groups excluding carboxylic acids is 1. The van der Waals surface area contributed by atoms with Crippen molar-refractivity contribution in [1.29, 1.82) is 0 Å². The molecule has 22 heavy (non-hydrogen) atoms. The van der Waals surface area contributed by atoms with E-state index in [1.165, 1.54) is 0 Å². The summed E-state index contributed by atoms with van der Waals surface area (Å²) in [5.74, 6) is 0. The van der Waals surface area contributed by atoms with Gasteiger partial charge in [-0.15, -0.1) is 0 Å². The molecule has 0 unspecified atom stereocenters. The molecule has 0 aliphatic heterocycles. The first-order valence-corrected chi connectivity index (χ1v) is 6.77. The van der Waals surface area contributed by atoms with E-state index in [2.05, 4.69) is 14.5 Å². The van der Waals surface area contributed by atoms with Gasteiger partial charge in [0.2, 0.25) is 5.13 Å². The van der Waals surface area contributed by atoms with Gasteiger partial charge >= 0.3 is 12.3 Å². The molecular formula is C11H12F3N5O2S. The van der Waals surface area contributed by atoms with Gasteiger partial charge in [-0.25, -0.2) is 9.78 Å². The first-order chi connectivity index (χ1) is 10.1. The van der Waals surface area contributed by atoms with Gasteiger partial charge in [0, 0.05) is 11.5 Å². The van der Waals surface area contributed by atoms with Gasteiger partial charge in [0.1, 0.15) is 11.9 Å². The Labute approximate surface area is 127 Å². The third-order valence-corrected chi connectivity index (χ3v) is 2.85. The topological polar surface area (TPSA) is 81.9 Å². The van der Waals surface area contributed by atoms with Crippen LogP contribution < -0.4 is 5.32 Å². The van der Waals surface area contributed by atoms with E-state index in [-0.39, 0.29) is 5.13 Å². The Morgan fingerprint density at radius 3 is 2.55 bits per heavy atom. The highest BCUT2D eigenvalue weighted by atomic mass is 32.1. The van der Waals surface area contributed by atoms with Crippen molar-refractivity contribution < 1.29 is 22.7 Å². The van der Waals surface area contributed by atoms with Gasteiger partial charge in [-0.1, -0.05) is 0 Å². The van der Waals surface area contributed by atoms with Crippen LogP contribution in [0, 0.1) is 0 Å². The maximum Gasteiger partial charge on any atom is 0.435 e. The zero-order chi connectivity index (χ0) is 16.5. The van der Waals surface area contributed by atoms with E-state index >= 15 is 0 Å². The number of hydrogen-bond donors (Lipinski definition) is 1.